The highest BCUT2D eigenvalue weighted by molar-refractivity contribution is 6.31. The Labute approximate surface area is 186 Å². The number of aryl methyl sites for hydroxylation is 1. The number of nitrogens with one attached hydrogen (secondary N) is 2. The van der Waals surface area contributed by atoms with Crippen molar-refractivity contribution in [2.24, 2.45) is 0 Å². The molecule has 1 aliphatic rings. The number of anilines is 1. The van der Waals surface area contributed by atoms with E-state index in [1.165, 1.54) is 16.7 Å². The second-order valence-electron chi connectivity index (χ2n) is 8.49. The van der Waals surface area contributed by atoms with E-state index in [1.807, 2.05) is 42.5 Å². The molecule has 0 bridgehead atoms. The third-order valence-corrected chi connectivity index (χ3v) is 6.46. The number of aromatic nitrogens is 2. The number of benzene rings is 3. The van der Waals surface area contributed by atoms with Crippen molar-refractivity contribution in [2.45, 2.75) is 38.5 Å². The molecule has 2 atom stereocenters. The van der Waals surface area contributed by atoms with E-state index in [9.17, 15) is 4.79 Å². The summed E-state index contributed by atoms with van der Waals surface area (Å²) in [6, 6.07) is 19.8. The number of imidazole rings is 1. The zero-order valence-electron chi connectivity index (χ0n) is 17.6. The lowest BCUT2D eigenvalue weighted by atomic mass is 9.96. The van der Waals surface area contributed by atoms with Crippen LogP contribution in [0, 0.1) is 6.92 Å². The molecule has 4 aromatic rings. The number of nitrogens with zero attached hydrogens (tertiary/aromatic N) is 1. The summed E-state index contributed by atoms with van der Waals surface area (Å²) in [6.45, 7) is 4.42. The Balaban J connectivity index is 1.33. The van der Waals surface area contributed by atoms with Gasteiger partial charge in [-0.2, -0.15) is 0 Å². The van der Waals surface area contributed by atoms with Crippen LogP contribution in [0.15, 0.2) is 60.7 Å². The molecule has 2 N–H and O–H groups in total. The largest absolute Gasteiger partial charge is 0.338 e. The predicted octanol–water partition coefficient (Wildman–Crippen LogP) is 6.81. The summed E-state index contributed by atoms with van der Waals surface area (Å²) >= 11 is 6.08. The molecular weight excluding hydrogens is 406 g/mol. The van der Waals surface area contributed by atoms with Crippen molar-refractivity contribution in [1.29, 1.82) is 0 Å². The number of hydrogen-bond donors (Lipinski definition) is 2. The average molecular weight is 430 g/mol. The quantitative estimate of drug-likeness (QED) is 0.374. The van der Waals surface area contributed by atoms with Gasteiger partial charge in [0.2, 0.25) is 5.91 Å². The minimum atomic E-state index is 0.0418. The van der Waals surface area contributed by atoms with Crippen LogP contribution in [0.5, 0.6) is 0 Å². The van der Waals surface area contributed by atoms with Crippen LogP contribution in [0.2, 0.25) is 5.02 Å². The van der Waals surface area contributed by atoms with E-state index in [2.05, 4.69) is 47.3 Å². The Kier molecular flexibility index (Phi) is 5.03. The molecule has 0 spiro atoms. The fraction of sp³-hybridized carbons (Fsp3) is 0.231. The third-order valence-electron chi connectivity index (χ3n) is 6.22. The Morgan fingerprint density at radius 1 is 1.16 bits per heavy atom. The summed E-state index contributed by atoms with van der Waals surface area (Å²) in [6.07, 6.45) is 1.52. The molecule has 3 aromatic carbocycles. The van der Waals surface area contributed by atoms with Crippen LogP contribution >= 0.6 is 11.6 Å². The molecule has 1 amide bonds. The highest BCUT2D eigenvalue weighted by Gasteiger charge is 2.30. The zero-order chi connectivity index (χ0) is 21.5. The van der Waals surface area contributed by atoms with Crippen molar-refractivity contribution in [3.8, 4) is 11.4 Å². The monoisotopic (exact) mass is 429 g/mol. The van der Waals surface area contributed by atoms with Gasteiger partial charge in [0, 0.05) is 22.7 Å². The van der Waals surface area contributed by atoms with Gasteiger partial charge < -0.3 is 10.3 Å². The van der Waals surface area contributed by atoms with Crippen LogP contribution in [0.3, 0.4) is 0 Å². The Morgan fingerprint density at radius 3 is 2.87 bits per heavy atom. The number of fused-ring (bicyclic) bond motifs is 2. The van der Waals surface area contributed by atoms with Gasteiger partial charge in [-0.1, -0.05) is 48.9 Å². The topological polar surface area (TPSA) is 57.8 Å². The lowest BCUT2D eigenvalue weighted by Gasteiger charge is -2.13. The number of halogens is 1. The first-order valence-corrected chi connectivity index (χ1v) is 11.0. The molecular formula is C26H24ClN3O. The fourth-order valence-electron chi connectivity index (χ4n) is 4.90. The minimum absolute atomic E-state index is 0.0418. The summed E-state index contributed by atoms with van der Waals surface area (Å²) in [5.41, 5.74) is 7.52. The van der Waals surface area contributed by atoms with Crippen LogP contribution in [-0.4, -0.2) is 15.9 Å². The maximum atomic E-state index is 12.8. The summed E-state index contributed by atoms with van der Waals surface area (Å²) in [4.78, 5) is 20.8. The van der Waals surface area contributed by atoms with Crippen LogP contribution < -0.4 is 5.32 Å². The number of carbonyl (C=O) groups is 1. The van der Waals surface area contributed by atoms with E-state index >= 15 is 0 Å². The highest BCUT2D eigenvalue weighted by atomic mass is 35.5. The Morgan fingerprint density at radius 2 is 2.00 bits per heavy atom. The summed E-state index contributed by atoms with van der Waals surface area (Å²) in [7, 11) is 0. The average Bonchev–Trinajstić information content (AvgIpc) is 3.29. The van der Waals surface area contributed by atoms with Crippen LogP contribution in [0.4, 0.5) is 5.69 Å². The smallest absolute Gasteiger partial charge is 0.224 e. The molecule has 2 unspecified atom stereocenters. The lowest BCUT2D eigenvalue weighted by molar-refractivity contribution is -0.116. The van der Waals surface area contributed by atoms with Gasteiger partial charge in [-0.3, -0.25) is 4.79 Å². The van der Waals surface area contributed by atoms with Gasteiger partial charge in [-0.25, -0.2) is 4.98 Å². The lowest BCUT2D eigenvalue weighted by Crippen LogP contribution is -2.14. The van der Waals surface area contributed by atoms with Gasteiger partial charge >= 0.3 is 0 Å². The Bertz CT molecular complexity index is 1290. The van der Waals surface area contributed by atoms with Gasteiger partial charge in [-0.15, -0.1) is 0 Å². The molecule has 31 heavy (non-hydrogen) atoms. The first kappa shape index (κ1) is 19.8. The standard InChI is InChI=1S/C26H24ClN3O/c1-15-5-3-8-21-18(11-16(2)25(15)21)13-24(31)28-20-7-4-6-17(12-20)26-29-22-10-9-19(27)14-23(22)30-26/h3-10,12,14,16,18H,11,13H2,1-2H3,(H,28,31)(H,29,30). The van der Waals surface area contributed by atoms with Gasteiger partial charge in [0.15, 0.2) is 0 Å². The van der Waals surface area contributed by atoms with Crippen LogP contribution in [-0.2, 0) is 4.79 Å². The number of H-pyrrole nitrogens is 1. The van der Waals surface area contributed by atoms with Crippen molar-refractivity contribution in [1.82, 2.24) is 9.97 Å². The van der Waals surface area contributed by atoms with E-state index in [1.54, 1.807) is 0 Å². The third kappa shape index (κ3) is 3.84. The molecule has 1 aliphatic carbocycles. The van der Waals surface area contributed by atoms with Crippen molar-refractivity contribution in [3.63, 3.8) is 0 Å². The first-order chi connectivity index (χ1) is 15.0. The SMILES string of the molecule is Cc1cccc2c1C(C)CC2CC(=O)Nc1cccc(-c2nc3ccc(Cl)cc3[nH]2)c1. The minimum Gasteiger partial charge on any atom is -0.338 e. The van der Waals surface area contributed by atoms with Gasteiger partial charge in [0.25, 0.3) is 0 Å². The molecule has 0 radical (unpaired) electrons. The highest BCUT2D eigenvalue weighted by Crippen LogP contribution is 2.44. The molecule has 1 aromatic heterocycles. The molecule has 4 nitrogen and oxygen atoms in total. The zero-order valence-corrected chi connectivity index (χ0v) is 18.3. The molecule has 5 rings (SSSR count). The van der Waals surface area contributed by atoms with Gasteiger partial charge in [0.05, 0.1) is 11.0 Å². The van der Waals surface area contributed by atoms with E-state index < -0.39 is 0 Å². The molecule has 1 heterocycles. The number of rotatable bonds is 4. The van der Waals surface area contributed by atoms with E-state index in [0.29, 0.717) is 17.4 Å². The number of amides is 1. The summed E-state index contributed by atoms with van der Waals surface area (Å²) in [5, 5.41) is 3.75. The second-order valence-corrected chi connectivity index (χ2v) is 8.93. The second kappa shape index (κ2) is 7.86. The molecule has 0 aliphatic heterocycles. The summed E-state index contributed by atoms with van der Waals surface area (Å²) in [5.74, 6) is 1.56. The fourth-order valence-corrected chi connectivity index (χ4v) is 5.07. The molecule has 0 saturated carbocycles. The van der Waals surface area contributed by atoms with Crippen molar-refractivity contribution in [3.05, 3.63) is 82.4 Å². The molecule has 0 saturated heterocycles. The maximum Gasteiger partial charge on any atom is 0.224 e. The van der Waals surface area contributed by atoms with Gasteiger partial charge in [-0.05, 0) is 72.2 Å². The normalized spacial score (nSPS) is 17.6. The van der Waals surface area contributed by atoms with E-state index in [0.717, 1.165) is 34.5 Å². The Hall–Kier alpha value is -3.11. The molecule has 5 heteroatoms. The maximum absolute atomic E-state index is 12.8. The van der Waals surface area contributed by atoms with E-state index in [4.69, 9.17) is 11.6 Å². The number of carbonyl (C=O) groups excluding carboxylic acids is 1. The first-order valence-electron chi connectivity index (χ1n) is 10.6. The van der Waals surface area contributed by atoms with Crippen molar-refractivity contribution < 1.29 is 4.79 Å². The van der Waals surface area contributed by atoms with Crippen LogP contribution in [0.1, 0.15) is 48.3 Å². The number of hydrogen-bond acceptors (Lipinski definition) is 2. The van der Waals surface area contributed by atoms with Crippen LogP contribution in [0.25, 0.3) is 22.4 Å². The molecule has 156 valence electrons. The predicted molar refractivity (Wildman–Crippen MR) is 127 cm³/mol. The molecule has 0 fully saturated rings. The number of aromatic amines is 1. The summed E-state index contributed by atoms with van der Waals surface area (Å²) < 4.78 is 0. The van der Waals surface area contributed by atoms with Crippen molar-refractivity contribution in [2.75, 3.05) is 5.32 Å². The van der Waals surface area contributed by atoms with E-state index in [-0.39, 0.29) is 11.8 Å². The van der Waals surface area contributed by atoms with Crippen molar-refractivity contribution >= 4 is 34.2 Å². The van der Waals surface area contributed by atoms with Gasteiger partial charge in [0.1, 0.15) is 5.82 Å².